The summed E-state index contributed by atoms with van der Waals surface area (Å²) in [5, 5.41) is 0. The quantitative estimate of drug-likeness (QED) is 0.535. The molecule has 2 aliphatic heterocycles. The number of imide groups is 1. The maximum Gasteiger partial charge on any atom is 0.261 e. The Bertz CT molecular complexity index is 922. The molecule has 0 radical (unpaired) electrons. The lowest BCUT2D eigenvalue weighted by Crippen LogP contribution is -2.37. The third kappa shape index (κ3) is 3.46. The third-order valence-corrected chi connectivity index (χ3v) is 6.69. The lowest BCUT2D eigenvalue weighted by atomic mass is 9.87. The van der Waals surface area contributed by atoms with Crippen molar-refractivity contribution in [2.75, 3.05) is 19.7 Å². The van der Waals surface area contributed by atoms with Crippen LogP contribution >= 0.6 is 0 Å². The third-order valence-electron chi connectivity index (χ3n) is 6.69. The smallest absolute Gasteiger partial charge is 0.261 e. The summed E-state index contributed by atoms with van der Waals surface area (Å²) in [4.78, 5) is 28.9. The molecule has 0 aromatic heterocycles. The second kappa shape index (κ2) is 8.32. The van der Waals surface area contributed by atoms with Crippen molar-refractivity contribution in [3.8, 4) is 0 Å². The lowest BCUT2D eigenvalue weighted by Gasteiger charge is -2.36. The fourth-order valence-corrected chi connectivity index (χ4v) is 5.25. The number of hydrogen-bond acceptors (Lipinski definition) is 4. The predicted octanol–water partition coefficient (Wildman–Crippen LogP) is 4.19. The van der Waals surface area contributed by atoms with E-state index in [1.54, 1.807) is 24.3 Å². The van der Waals surface area contributed by atoms with Gasteiger partial charge in [-0.15, -0.1) is 0 Å². The maximum absolute atomic E-state index is 12.5. The van der Waals surface area contributed by atoms with Crippen LogP contribution in [-0.2, 0) is 11.2 Å². The minimum Gasteiger partial charge on any atom is -0.363 e. The summed E-state index contributed by atoms with van der Waals surface area (Å²) in [5.41, 5.74) is 3.97. The molecule has 2 amide bonds. The molecular weight excluding hydrogens is 376 g/mol. The number of amides is 2. The van der Waals surface area contributed by atoms with E-state index in [2.05, 4.69) is 29.2 Å². The van der Waals surface area contributed by atoms with Crippen LogP contribution in [-0.4, -0.2) is 47.5 Å². The minimum atomic E-state index is -0.183. The normalized spacial score (nSPS) is 23.7. The van der Waals surface area contributed by atoms with E-state index in [4.69, 9.17) is 4.74 Å². The van der Waals surface area contributed by atoms with Gasteiger partial charge in [0.25, 0.3) is 11.8 Å². The zero-order valence-electron chi connectivity index (χ0n) is 17.3. The molecule has 5 nitrogen and oxygen atoms in total. The highest BCUT2D eigenvalue weighted by molar-refractivity contribution is 6.21. The van der Waals surface area contributed by atoms with Gasteiger partial charge in [-0.1, -0.05) is 36.4 Å². The van der Waals surface area contributed by atoms with Crippen molar-refractivity contribution >= 4 is 11.8 Å². The Morgan fingerprint density at radius 2 is 1.63 bits per heavy atom. The van der Waals surface area contributed by atoms with Crippen LogP contribution in [0.5, 0.6) is 0 Å². The molecule has 5 rings (SSSR count). The molecule has 0 N–H and O–H groups in total. The molecule has 30 heavy (non-hydrogen) atoms. The highest BCUT2D eigenvalue weighted by Crippen LogP contribution is 2.38. The number of ether oxygens (including phenoxy) is 1. The average molecular weight is 405 g/mol. The van der Waals surface area contributed by atoms with Gasteiger partial charge >= 0.3 is 0 Å². The SMILES string of the molecule is O=C1c2ccccc2C(=O)N1CCCOC1CCCN1C1CCCc2ccccc21. The summed E-state index contributed by atoms with van der Waals surface area (Å²) in [6, 6.07) is 16.3. The summed E-state index contributed by atoms with van der Waals surface area (Å²) < 4.78 is 6.27. The van der Waals surface area contributed by atoms with Crippen LogP contribution in [0.15, 0.2) is 48.5 Å². The molecule has 156 valence electrons. The predicted molar refractivity (Wildman–Crippen MR) is 114 cm³/mol. The summed E-state index contributed by atoms with van der Waals surface area (Å²) in [5.74, 6) is -0.367. The summed E-state index contributed by atoms with van der Waals surface area (Å²) in [7, 11) is 0. The summed E-state index contributed by atoms with van der Waals surface area (Å²) in [6.45, 7) is 2.04. The van der Waals surface area contributed by atoms with Gasteiger partial charge in [-0.05, 0) is 61.8 Å². The van der Waals surface area contributed by atoms with Crippen molar-refractivity contribution in [1.82, 2.24) is 9.80 Å². The maximum atomic E-state index is 12.5. The Labute approximate surface area is 177 Å². The fraction of sp³-hybridized carbons (Fsp3) is 0.440. The molecule has 2 aromatic carbocycles. The van der Waals surface area contributed by atoms with Crippen LogP contribution in [0, 0.1) is 0 Å². The van der Waals surface area contributed by atoms with Gasteiger partial charge in [-0.3, -0.25) is 19.4 Å². The minimum absolute atomic E-state index is 0.128. The van der Waals surface area contributed by atoms with Crippen LogP contribution in [0.1, 0.15) is 70.0 Å². The number of carbonyl (C=O) groups is 2. The van der Waals surface area contributed by atoms with Gasteiger partial charge in [-0.2, -0.15) is 0 Å². The zero-order chi connectivity index (χ0) is 20.5. The highest BCUT2D eigenvalue weighted by atomic mass is 16.5. The van der Waals surface area contributed by atoms with Crippen molar-refractivity contribution in [3.05, 3.63) is 70.8 Å². The largest absolute Gasteiger partial charge is 0.363 e. The van der Waals surface area contributed by atoms with E-state index in [1.165, 1.54) is 35.3 Å². The Hall–Kier alpha value is -2.50. The van der Waals surface area contributed by atoms with Gasteiger partial charge in [0.1, 0.15) is 6.23 Å². The first-order valence-corrected chi connectivity index (χ1v) is 11.1. The molecule has 5 heteroatoms. The number of carbonyl (C=O) groups excluding carboxylic acids is 2. The van der Waals surface area contributed by atoms with Gasteiger partial charge in [0, 0.05) is 19.1 Å². The number of benzene rings is 2. The number of aryl methyl sites for hydroxylation is 1. The molecular formula is C25H28N2O3. The van der Waals surface area contributed by atoms with Crippen molar-refractivity contribution < 1.29 is 14.3 Å². The second-order valence-corrected chi connectivity index (χ2v) is 8.47. The van der Waals surface area contributed by atoms with Crippen molar-refractivity contribution in [2.45, 2.75) is 50.8 Å². The van der Waals surface area contributed by atoms with Gasteiger partial charge in [0.15, 0.2) is 0 Å². The number of nitrogens with zero attached hydrogens (tertiary/aromatic N) is 2. The Morgan fingerprint density at radius 1 is 0.900 bits per heavy atom. The Morgan fingerprint density at radius 3 is 2.43 bits per heavy atom. The van der Waals surface area contributed by atoms with Crippen LogP contribution in [0.4, 0.5) is 0 Å². The second-order valence-electron chi connectivity index (χ2n) is 8.47. The Kier molecular flexibility index (Phi) is 5.40. The summed E-state index contributed by atoms with van der Waals surface area (Å²) >= 11 is 0. The molecule has 1 fully saturated rings. The van der Waals surface area contributed by atoms with Crippen LogP contribution in [0.2, 0.25) is 0 Å². The molecule has 0 spiro atoms. The lowest BCUT2D eigenvalue weighted by molar-refractivity contribution is -0.0590. The van der Waals surface area contributed by atoms with E-state index in [-0.39, 0.29) is 18.0 Å². The molecule has 2 atom stereocenters. The highest BCUT2D eigenvalue weighted by Gasteiger charge is 2.36. The topological polar surface area (TPSA) is 49.9 Å². The van der Waals surface area contributed by atoms with Gasteiger partial charge in [0.2, 0.25) is 0 Å². The number of likely N-dealkylation sites (tertiary alicyclic amines) is 1. The van der Waals surface area contributed by atoms with E-state index in [9.17, 15) is 9.59 Å². The monoisotopic (exact) mass is 404 g/mol. The van der Waals surface area contributed by atoms with E-state index >= 15 is 0 Å². The van der Waals surface area contributed by atoms with E-state index in [1.807, 2.05) is 0 Å². The average Bonchev–Trinajstić information content (AvgIpc) is 3.34. The first kappa shape index (κ1) is 19.5. The molecule has 0 bridgehead atoms. The fourth-order valence-electron chi connectivity index (χ4n) is 5.25. The van der Waals surface area contributed by atoms with Crippen LogP contribution in [0.25, 0.3) is 0 Å². The standard InChI is InChI=1S/C25H28N2O3/c28-24-20-11-3-4-12-21(20)25(29)27(24)16-7-17-30-23-14-6-15-26(23)22-13-5-9-18-8-1-2-10-19(18)22/h1-4,8,10-12,22-23H,5-7,9,13-17H2. The number of fused-ring (bicyclic) bond motifs is 2. The van der Waals surface area contributed by atoms with Crippen molar-refractivity contribution in [3.63, 3.8) is 0 Å². The Balaban J connectivity index is 1.17. The molecule has 2 aromatic rings. The van der Waals surface area contributed by atoms with E-state index in [0.717, 1.165) is 19.4 Å². The van der Waals surface area contributed by atoms with Crippen LogP contribution in [0.3, 0.4) is 0 Å². The molecule has 1 saturated heterocycles. The summed E-state index contributed by atoms with van der Waals surface area (Å²) in [6.07, 6.45) is 6.58. The van der Waals surface area contributed by atoms with Gasteiger partial charge < -0.3 is 4.74 Å². The molecule has 2 unspecified atom stereocenters. The molecule has 0 saturated carbocycles. The van der Waals surface area contributed by atoms with Gasteiger partial charge in [-0.25, -0.2) is 0 Å². The molecule has 1 aliphatic carbocycles. The zero-order valence-corrected chi connectivity index (χ0v) is 17.3. The van der Waals surface area contributed by atoms with E-state index in [0.29, 0.717) is 36.7 Å². The van der Waals surface area contributed by atoms with Crippen LogP contribution < -0.4 is 0 Å². The first-order valence-electron chi connectivity index (χ1n) is 11.1. The number of hydrogen-bond donors (Lipinski definition) is 0. The molecule has 2 heterocycles. The first-order chi connectivity index (χ1) is 14.7. The molecule has 3 aliphatic rings. The van der Waals surface area contributed by atoms with E-state index < -0.39 is 0 Å². The number of rotatable bonds is 6. The van der Waals surface area contributed by atoms with Crippen molar-refractivity contribution in [1.29, 1.82) is 0 Å². The van der Waals surface area contributed by atoms with Crippen molar-refractivity contribution in [2.24, 2.45) is 0 Å². The van der Waals surface area contributed by atoms with Gasteiger partial charge in [0.05, 0.1) is 17.7 Å².